The van der Waals surface area contributed by atoms with Gasteiger partial charge in [-0.25, -0.2) is 0 Å². The first-order valence-electron chi connectivity index (χ1n) is 6.43. The van der Waals surface area contributed by atoms with Crippen LogP contribution in [0.15, 0.2) is 46.9 Å². The first-order chi connectivity index (χ1) is 10.1. The zero-order chi connectivity index (χ0) is 15.0. The Morgan fingerprint density at radius 1 is 1.14 bits per heavy atom. The highest BCUT2D eigenvalue weighted by molar-refractivity contribution is 9.10. The molecule has 0 bridgehead atoms. The number of nitrogens with zero attached hydrogens (tertiary/aromatic N) is 1. The Hall–Kier alpha value is -1.78. The van der Waals surface area contributed by atoms with E-state index in [0.29, 0.717) is 10.8 Å². The molecule has 2 aromatic carbocycles. The van der Waals surface area contributed by atoms with Gasteiger partial charge in [-0.2, -0.15) is 5.10 Å². The molecule has 0 saturated heterocycles. The second-order valence-corrected chi connectivity index (χ2v) is 6.07. The number of hydrogen-bond donors (Lipinski definition) is 2. The normalized spacial score (nSPS) is 10.8. The Bertz CT molecular complexity index is 794. The fourth-order valence-electron chi connectivity index (χ4n) is 2.34. The van der Waals surface area contributed by atoms with E-state index in [1.54, 1.807) is 0 Å². The van der Waals surface area contributed by atoms with Crippen molar-refractivity contribution in [1.29, 1.82) is 0 Å². The van der Waals surface area contributed by atoms with E-state index < -0.39 is 0 Å². The van der Waals surface area contributed by atoms with Gasteiger partial charge in [0.15, 0.2) is 5.82 Å². The number of anilines is 1. The summed E-state index contributed by atoms with van der Waals surface area (Å²) in [7, 11) is 0. The van der Waals surface area contributed by atoms with E-state index in [1.807, 2.05) is 42.5 Å². The van der Waals surface area contributed by atoms with Crippen LogP contribution in [-0.2, 0) is 0 Å². The highest BCUT2D eigenvalue weighted by Gasteiger charge is 2.16. The van der Waals surface area contributed by atoms with Crippen LogP contribution in [-0.4, -0.2) is 10.2 Å². The molecule has 0 saturated carbocycles. The molecule has 0 fully saturated rings. The van der Waals surface area contributed by atoms with Crippen LogP contribution < -0.4 is 5.73 Å². The van der Waals surface area contributed by atoms with Crippen LogP contribution in [0.4, 0.5) is 5.82 Å². The van der Waals surface area contributed by atoms with E-state index >= 15 is 0 Å². The minimum Gasteiger partial charge on any atom is -0.382 e. The van der Waals surface area contributed by atoms with Crippen molar-refractivity contribution in [3.8, 4) is 22.4 Å². The molecule has 0 atom stereocenters. The van der Waals surface area contributed by atoms with Gasteiger partial charge in [-0.15, -0.1) is 0 Å². The van der Waals surface area contributed by atoms with Crippen LogP contribution in [0.2, 0.25) is 5.02 Å². The van der Waals surface area contributed by atoms with Crippen molar-refractivity contribution in [3.63, 3.8) is 0 Å². The van der Waals surface area contributed by atoms with Gasteiger partial charge < -0.3 is 5.73 Å². The van der Waals surface area contributed by atoms with E-state index in [9.17, 15) is 0 Å². The van der Waals surface area contributed by atoms with Crippen LogP contribution in [0.25, 0.3) is 22.4 Å². The predicted octanol–water partition coefficient (Wildman–Crippen LogP) is 5.05. The van der Waals surface area contributed by atoms with Crippen LogP contribution in [0.1, 0.15) is 5.56 Å². The van der Waals surface area contributed by atoms with Gasteiger partial charge in [-0.05, 0) is 36.2 Å². The summed E-state index contributed by atoms with van der Waals surface area (Å²) in [6.45, 7) is 2.06. The highest BCUT2D eigenvalue weighted by atomic mass is 79.9. The molecule has 5 heteroatoms. The summed E-state index contributed by atoms with van der Waals surface area (Å²) < 4.78 is 1.05. The molecular weight excluding hydrogens is 350 g/mol. The molecular formula is C16H13BrClN3. The second kappa shape index (κ2) is 5.54. The number of halogens is 2. The van der Waals surface area contributed by atoms with Crippen molar-refractivity contribution >= 4 is 33.3 Å². The van der Waals surface area contributed by atoms with Gasteiger partial charge >= 0.3 is 0 Å². The number of nitrogen functional groups attached to an aromatic ring is 1. The minimum absolute atomic E-state index is 0.478. The summed E-state index contributed by atoms with van der Waals surface area (Å²) in [5, 5.41) is 7.91. The molecule has 0 unspecified atom stereocenters. The third kappa shape index (κ3) is 2.57. The Balaban J connectivity index is 2.22. The summed E-state index contributed by atoms with van der Waals surface area (Å²) in [5.41, 5.74) is 11.0. The number of aromatic amines is 1. The van der Waals surface area contributed by atoms with Gasteiger partial charge in [0.2, 0.25) is 0 Å². The number of rotatable bonds is 2. The molecule has 0 spiro atoms. The predicted molar refractivity (Wildman–Crippen MR) is 91.3 cm³/mol. The summed E-state index contributed by atoms with van der Waals surface area (Å²) in [6.07, 6.45) is 0. The fraction of sp³-hybridized carbons (Fsp3) is 0.0625. The van der Waals surface area contributed by atoms with Crippen molar-refractivity contribution in [3.05, 3.63) is 57.5 Å². The largest absolute Gasteiger partial charge is 0.382 e. The monoisotopic (exact) mass is 361 g/mol. The topological polar surface area (TPSA) is 54.7 Å². The van der Waals surface area contributed by atoms with Crippen LogP contribution in [0.5, 0.6) is 0 Å². The molecule has 0 aliphatic rings. The lowest BCUT2D eigenvalue weighted by molar-refractivity contribution is 1.10. The van der Waals surface area contributed by atoms with Gasteiger partial charge in [0.1, 0.15) is 0 Å². The van der Waals surface area contributed by atoms with E-state index in [1.165, 1.54) is 0 Å². The molecule has 1 aromatic heterocycles. The van der Waals surface area contributed by atoms with Gasteiger partial charge in [0.25, 0.3) is 0 Å². The lowest BCUT2D eigenvalue weighted by Crippen LogP contribution is -1.90. The van der Waals surface area contributed by atoms with E-state index in [4.69, 9.17) is 17.3 Å². The van der Waals surface area contributed by atoms with Gasteiger partial charge in [0, 0.05) is 15.1 Å². The van der Waals surface area contributed by atoms with Gasteiger partial charge in [-0.1, -0.05) is 51.8 Å². The number of benzene rings is 2. The molecule has 0 radical (unpaired) electrons. The average molecular weight is 363 g/mol. The van der Waals surface area contributed by atoms with E-state index in [-0.39, 0.29) is 0 Å². The third-order valence-electron chi connectivity index (χ3n) is 3.46. The number of hydrogen-bond acceptors (Lipinski definition) is 2. The molecule has 3 aromatic rings. The highest BCUT2D eigenvalue weighted by Crippen LogP contribution is 2.37. The average Bonchev–Trinajstić information content (AvgIpc) is 2.85. The Kier molecular flexibility index (Phi) is 3.74. The lowest BCUT2D eigenvalue weighted by atomic mass is 9.98. The van der Waals surface area contributed by atoms with Gasteiger partial charge in [0.05, 0.1) is 11.3 Å². The van der Waals surface area contributed by atoms with Crippen LogP contribution >= 0.6 is 27.5 Å². The van der Waals surface area contributed by atoms with Crippen molar-refractivity contribution in [2.24, 2.45) is 0 Å². The SMILES string of the molecule is Cc1c(Br)cccc1-c1[nH]nc(N)c1-c1ccc(Cl)cc1. The van der Waals surface area contributed by atoms with E-state index in [2.05, 4.69) is 33.1 Å². The zero-order valence-corrected chi connectivity index (χ0v) is 13.7. The molecule has 3 nitrogen and oxygen atoms in total. The van der Waals surface area contributed by atoms with Gasteiger partial charge in [-0.3, -0.25) is 5.10 Å². The summed E-state index contributed by atoms with van der Waals surface area (Å²) in [4.78, 5) is 0. The lowest BCUT2D eigenvalue weighted by Gasteiger charge is -2.09. The molecule has 0 amide bonds. The number of aromatic nitrogens is 2. The molecule has 21 heavy (non-hydrogen) atoms. The first-order valence-corrected chi connectivity index (χ1v) is 7.60. The third-order valence-corrected chi connectivity index (χ3v) is 4.58. The number of nitrogens with one attached hydrogen (secondary N) is 1. The van der Waals surface area contributed by atoms with Crippen molar-refractivity contribution in [2.75, 3.05) is 5.73 Å². The smallest absolute Gasteiger partial charge is 0.153 e. The van der Waals surface area contributed by atoms with Crippen molar-refractivity contribution < 1.29 is 0 Å². The van der Waals surface area contributed by atoms with Crippen LogP contribution in [0, 0.1) is 6.92 Å². The van der Waals surface area contributed by atoms with E-state index in [0.717, 1.165) is 32.4 Å². The Morgan fingerprint density at radius 3 is 2.57 bits per heavy atom. The molecule has 3 N–H and O–H groups in total. The number of H-pyrrole nitrogens is 1. The molecule has 0 aliphatic carbocycles. The standard InChI is InChI=1S/C16H13BrClN3/c1-9-12(3-2-4-13(9)17)15-14(16(19)21-20-15)10-5-7-11(18)8-6-10/h2-8H,1H3,(H3,19,20,21). The maximum Gasteiger partial charge on any atom is 0.153 e. The zero-order valence-electron chi connectivity index (χ0n) is 11.3. The Morgan fingerprint density at radius 2 is 1.86 bits per heavy atom. The summed E-state index contributed by atoms with van der Waals surface area (Å²) in [5.74, 6) is 0.478. The van der Waals surface area contributed by atoms with Crippen molar-refractivity contribution in [1.82, 2.24) is 10.2 Å². The molecule has 3 rings (SSSR count). The molecule has 0 aliphatic heterocycles. The van der Waals surface area contributed by atoms with Crippen molar-refractivity contribution in [2.45, 2.75) is 6.92 Å². The maximum absolute atomic E-state index is 6.05. The summed E-state index contributed by atoms with van der Waals surface area (Å²) >= 11 is 9.51. The second-order valence-electron chi connectivity index (χ2n) is 4.78. The maximum atomic E-state index is 6.05. The minimum atomic E-state index is 0.478. The Labute approximate surface area is 136 Å². The summed E-state index contributed by atoms with van der Waals surface area (Å²) in [6, 6.07) is 13.6. The molecule has 1 heterocycles. The number of nitrogens with two attached hydrogens (primary N) is 1. The molecule has 106 valence electrons. The fourth-order valence-corrected chi connectivity index (χ4v) is 2.83. The first kappa shape index (κ1) is 14.2. The van der Waals surface area contributed by atoms with Crippen LogP contribution in [0.3, 0.4) is 0 Å². The quantitative estimate of drug-likeness (QED) is 0.670.